The van der Waals surface area contributed by atoms with Crippen molar-refractivity contribution in [1.29, 1.82) is 0 Å². The maximum absolute atomic E-state index is 12.1. The average molecular weight is 274 g/mol. The van der Waals surface area contributed by atoms with Gasteiger partial charge in [-0.25, -0.2) is 4.79 Å². The lowest BCUT2D eigenvalue weighted by molar-refractivity contribution is -0.0179. The zero-order valence-corrected chi connectivity index (χ0v) is 11.7. The second-order valence-electron chi connectivity index (χ2n) is 6.19. The zero-order valence-electron chi connectivity index (χ0n) is 11.7. The van der Waals surface area contributed by atoms with Crippen LogP contribution in [0.2, 0.25) is 0 Å². The number of hydrogen-bond acceptors (Lipinski definition) is 3. The molecule has 3 rings (SSSR count). The summed E-state index contributed by atoms with van der Waals surface area (Å²) >= 11 is 0. The third-order valence-electron chi connectivity index (χ3n) is 4.82. The Hall–Kier alpha value is -1.35. The first-order valence-electron chi connectivity index (χ1n) is 7.66. The minimum absolute atomic E-state index is 0.0548. The average Bonchev–Trinajstić information content (AvgIpc) is 2.48. The fourth-order valence-corrected chi connectivity index (χ4v) is 3.72. The van der Waals surface area contributed by atoms with Gasteiger partial charge in [0.2, 0.25) is 0 Å². The Labute approximate surface area is 120 Å². The molecule has 1 aromatic carbocycles. The van der Waals surface area contributed by atoms with Gasteiger partial charge in [-0.3, -0.25) is 0 Å². The quantitative estimate of drug-likeness (QED) is 0.843. The van der Waals surface area contributed by atoms with Gasteiger partial charge >= 0.3 is 5.97 Å². The highest BCUT2D eigenvalue weighted by atomic mass is 16.5. The predicted molar refractivity (Wildman–Crippen MR) is 76.3 cm³/mol. The van der Waals surface area contributed by atoms with Crippen molar-refractivity contribution in [2.75, 3.05) is 0 Å². The van der Waals surface area contributed by atoms with Gasteiger partial charge < -0.3 is 9.84 Å². The Bertz CT molecular complexity index is 457. The molecule has 4 unspecified atom stereocenters. The van der Waals surface area contributed by atoms with E-state index in [4.69, 9.17) is 4.74 Å². The SMILES string of the molecule is O=C(OC1CCC2CC(O)CCC2C1)c1ccccc1. The highest BCUT2D eigenvalue weighted by molar-refractivity contribution is 5.89. The molecule has 0 saturated heterocycles. The number of esters is 1. The molecule has 2 fully saturated rings. The third kappa shape index (κ3) is 3.04. The van der Waals surface area contributed by atoms with E-state index in [0.717, 1.165) is 38.5 Å². The van der Waals surface area contributed by atoms with Crippen molar-refractivity contribution < 1.29 is 14.6 Å². The Kier molecular flexibility index (Phi) is 4.06. The van der Waals surface area contributed by atoms with E-state index in [9.17, 15) is 9.90 Å². The summed E-state index contributed by atoms with van der Waals surface area (Å²) in [6, 6.07) is 9.21. The number of rotatable bonds is 2. The van der Waals surface area contributed by atoms with E-state index in [1.165, 1.54) is 0 Å². The molecule has 2 aliphatic rings. The molecule has 1 N–H and O–H groups in total. The molecule has 3 nitrogen and oxygen atoms in total. The number of aliphatic hydroxyl groups is 1. The van der Waals surface area contributed by atoms with Crippen molar-refractivity contribution in [2.24, 2.45) is 11.8 Å². The molecular weight excluding hydrogens is 252 g/mol. The monoisotopic (exact) mass is 274 g/mol. The van der Waals surface area contributed by atoms with Crippen molar-refractivity contribution >= 4 is 5.97 Å². The number of carbonyl (C=O) groups is 1. The second-order valence-corrected chi connectivity index (χ2v) is 6.19. The van der Waals surface area contributed by atoms with Gasteiger partial charge in [0.25, 0.3) is 0 Å². The number of aliphatic hydroxyl groups excluding tert-OH is 1. The topological polar surface area (TPSA) is 46.5 Å². The highest BCUT2D eigenvalue weighted by Gasteiger charge is 2.36. The van der Waals surface area contributed by atoms with E-state index in [2.05, 4.69) is 0 Å². The molecular formula is C17H22O3. The van der Waals surface area contributed by atoms with Gasteiger partial charge in [-0.2, -0.15) is 0 Å². The molecule has 0 radical (unpaired) electrons. The maximum Gasteiger partial charge on any atom is 0.338 e. The predicted octanol–water partition coefficient (Wildman–Crippen LogP) is 3.17. The lowest BCUT2D eigenvalue weighted by Gasteiger charge is -2.40. The van der Waals surface area contributed by atoms with Crippen LogP contribution in [-0.4, -0.2) is 23.3 Å². The van der Waals surface area contributed by atoms with E-state index in [1.54, 1.807) is 12.1 Å². The van der Waals surface area contributed by atoms with Crippen molar-refractivity contribution in [3.05, 3.63) is 35.9 Å². The van der Waals surface area contributed by atoms with Crippen LogP contribution >= 0.6 is 0 Å². The first-order valence-corrected chi connectivity index (χ1v) is 7.66. The second kappa shape index (κ2) is 5.96. The van der Waals surface area contributed by atoms with Gasteiger partial charge in [0, 0.05) is 0 Å². The van der Waals surface area contributed by atoms with E-state index in [0.29, 0.717) is 17.4 Å². The lowest BCUT2D eigenvalue weighted by atomic mass is 9.69. The van der Waals surface area contributed by atoms with Crippen LogP contribution in [0.25, 0.3) is 0 Å². The Morgan fingerprint density at radius 3 is 2.50 bits per heavy atom. The molecule has 0 amide bonds. The van der Waals surface area contributed by atoms with Gasteiger partial charge in [-0.05, 0) is 62.5 Å². The van der Waals surface area contributed by atoms with Crippen LogP contribution < -0.4 is 0 Å². The lowest BCUT2D eigenvalue weighted by Crippen LogP contribution is -2.36. The standard InChI is InChI=1S/C17H22O3/c18-15-8-6-14-11-16(9-7-13(14)10-15)20-17(19)12-4-2-1-3-5-12/h1-5,13-16,18H,6-11H2. The van der Waals surface area contributed by atoms with Crippen LogP contribution in [-0.2, 0) is 4.74 Å². The molecule has 20 heavy (non-hydrogen) atoms. The largest absolute Gasteiger partial charge is 0.459 e. The first-order chi connectivity index (χ1) is 9.72. The molecule has 0 spiro atoms. The van der Waals surface area contributed by atoms with E-state index < -0.39 is 0 Å². The number of benzene rings is 1. The molecule has 1 aromatic rings. The van der Waals surface area contributed by atoms with Crippen molar-refractivity contribution in [2.45, 2.75) is 50.7 Å². The van der Waals surface area contributed by atoms with Crippen LogP contribution in [0.5, 0.6) is 0 Å². The van der Waals surface area contributed by atoms with Crippen LogP contribution in [0, 0.1) is 11.8 Å². The fourth-order valence-electron chi connectivity index (χ4n) is 3.72. The van der Waals surface area contributed by atoms with Crippen LogP contribution in [0.1, 0.15) is 48.9 Å². The smallest absolute Gasteiger partial charge is 0.338 e. The Balaban J connectivity index is 1.56. The number of fused-ring (bicyclic) bond motifs is 1. The molecule has 0 heterocycles. The highest BCUT2D eigenvalue weighted by Crippen LogP contribution is 2.41. The van der Waals surface area contributed by atoms with Gasteiger partial charge in [0.05, 0.1) is 11.7 Å². The van der Waals surface area contributed by atoms with Crippen molar-refractivity contribution in [3.8, 4) is 0 Å². The number of hydrogen-bond donors (Lipinski definition) is 1. The summed E-state index contributed by atoms with van der Waals surface area (Å²) < 4.78 is 5.65. The Morgan fingerprint density at radius 2 is 1.70 bits per heavy atom. The van der Waals surface area contributed by atoms with Crippen LogP contribution in [0.4, 0.5) is 0 Å². The summed E-state index contributed by atoms with van der Waals surface area (Å²) in [5, 5.41) is 9.72. The van der Waals surface area contributed by atoms with Crippen LogP contribution in [0.15, 0.2) is 30.3 Å². The molecule has 2 aliphatic carbocycles. The zero-order chi connectivity index (χ0) is 13.9. The van der Waals surface area contributed by atoms with Gasteiger partial charge in [0.1, 0.15) is 6.10 Å². The third-order valence-corrected chi connectivity index (χ3v) is 4.82. The summed E-state index contributed by atoms with van der Waals surface area (Å²) in [6.45, 7) is 0. The molecule has 108 valence electrons. The molecule has 0 bridgehead atoms. The van der Waals surface area contributed by atoms with E-state index >= 15 is 0 Å². The summed E-state index contributed by atoms with van der Waals surface area (Å²) in [7, 11) is 0. The van der Waals surface area contributed by atoms with E-state index in [-0.39, 0.29) is 18.2 Å². The minimum Gasteiger partial charge on any atom is -0.459 e. The molecule has 4 atom stereocenters. The van der Waals surface area contributed by atoms with Gasteiger partial charge in [-0.1, -0.05) is 18.2 Å². The van der Waals surface area contributed by atoms with Crippen molar-refractivity contribution in [3.63, 3.8) is 0 Å². The van der Waals surface area contributed by atoms with E-state index in [1.807, 2.05) is 18.2 Å². The minimum atomic E-state index is -0.204. The normalized spacial score (nSPS) is 33.2. The molecule has 3 heteroatoms. The summed E-state index contributed by atoms with van der Waals surface area (Å²) in [5.41, 5.74) is 0.633. The molecule has 0 aliphatic heterocycles. The van der Waals surface area contributed by atoms with Gasteiger partial charge in [-0.15, -0.1) is 0 Å². The van der Waals surface area contributed by atoms with Gasteiger partial charge in [0.15, 0.2) is 0 Å². The Morgan fingerprint density at radius 1 is 1.00 bits per heavy atom. The summed E-state index contributed by atoms with van der Waals surface area (Å²) in [6.07, 6.45) is 5.84. The fraction of sp³-hybridized carbons (Fsp3) is 0.588. The first kappa shape index (κ1) is 13.6. The summed E-state index contributed by atoms with van der Waals surface area (Å²) in [4.78, 5) is 12.1. The van der Waals surface area contributed by atoms with Crippen molar-refractivity contribution in [1.82, 2.24) is 0 Å². The number of ether oxygens (including phenoxy) is 1. The van der Waals surface area contributed by atoms with Crippen LogP contribution in [0.3, 0.4) is 0 Å². The number of carbonyl (C=O) groups excluding carboxylic acids is 1. The summed E-state index contributed by atoms with van der Waals surface area (Å²) in [5.74, 6) is 1.05. The molecule has 2 saturated carbocycles. The maximum atomic E-state index is 12.1. The molecule has 0 aromatic heterocycles.